The second-order valence-corrected chi connectivity index (χ2v) is 6.94. The minimum absolute atomic E-state index is 0.0178. The third kappa shape index (κ3) is 4.54. The molecule has 0 unspecified atom stereocenters. The molecule has 1 fully saturated rings. The van der Waals surface area contributed by atoms with Crippen LogP contribution in [0.15, 0.2) is 6.07 Å². The van der Waals surface area contributed by atoms with Crippen molar-refractivity contribution in [3.8, 4) is 0 Å². The number of rotatable bonds is 6. The molecule has 1 N–H and O–H groups in total. The molecule has 0 aliphatic heterocycles. The van der Waals surface area contributed by atoms with E-state index < -0.39 is 0 Å². The summed E-state index contributed by atoms with van der Waals surface area (Å²) in [6, 6.07) is 1.83. The smallest absolute Gasteiger partial charge is 0.269 e. The van der Waals surface area contributed by atoms with Gasteiger partial charge in [0.1, 0.15) is 5.69 Å². The van der Waals surface area contributed by atoms with Crippen molar-refractivity contribution in [3.63, 3.8) is 0 Å². The van der Waals surface area contributed by atoms with E-state index in [1.807, 2.05) is 13.0 Å². The Morgan fingerprint density at radius 2 is 2.20 bits per heavy atom. The largest absolute Gasteiger partial charge is 0.351 e. The molecule has 1 aromatic heterocycles. The van der Waals surface area contributed by atoms with E-state index in [1.165, 1.54) is 32.1 Å². The number of nitrogens with zero attached hydrogens (tertiary/aromatic N) is 2. The second kappa shape index (κ2) is 7.72. The summed E-state index contributed by atoms with van der Waals surface area (Å²) >= 11 is 2.08. The van der Waals surface area contributed by atoms with Gasteiger partial charge >= 0.3 is 0 Å². The van der Waals surface area contributed by atoms with Crippen molar-refractivity contribution in [2.75, 3.05) is 12.3 Å². The van der Waals surface area contributed by atoms with E-state index in [4.69, 9.17) is 0 Å². The minimum Gasteiger partial charge on any atom is -0.351 e. The molecule has 5 heteroatoms. The lowest BCUT2D eigenvalue weighted by Gasteiger charge is -2.20. The third-order valence-corrected chi connectivity index (χ3v) is 5.21. The Labute approximate surface area is 125 Å². The summed E-state index contributed by atoms with van der Waals surface area (Å²) in [4.78, 5) is 12.0. The monoisotopic (exact) mass is 295 g/mol. The zero-order chi connectivity index (χ0) is 14.4. The van der Waals surface area contributed by atoms with Crippen molar-refractivity contribution in [2.45, 2.75) is 50.7 Å². The van der Waals surface area contributed by atoms with Crippen molar-refractivity contribution < 1.29 is 4.79 Å². The van der Waals surface area contributed by atoms with Crippen LogP contribution in [-0.4, -0.2) is 33.2 Å². The van der Waals surface area contributed by atoms with Crippen LogP contribution < -0.4 is 5.32 Å². The van der Waals surface area contributed by atoms with Gasteiger partial charge in [0.25, 0.3) is 5.91 Å². The van der Waals surface area contributed by atoms with E-state index in [1.54, 1.807) is 11.7 Å². The molecule has 20 heavy (non-hydrogen) atoms. The molecule has 112 valence electrons. The average molecular weight is 295 g/mol. The molecule has 1 saturated carbocycles. The summed E-state index contributed by atoms with van der Waals surface area (Å²) < 4.78 is 1.64. The molecular formula is C15H25N3OS. The van der Waals surface area contributed by atoms with Gasteiger partial charge < -0.3 is 5.32 Å². The fourth-order valence-corrected chi connectivity index (χ4v) is 3.98. The Morgan fingerprint density at radius 3 is 2.85 bits per heavy atom. The fraction of sp³-hybridized carbons (Fsp3) is 0.733. The van der Waals surface area contributed by atoms with Crippen LogP contribution in [0.4, 0.5) is 0 Å². The quantitative estimate of drug-likeness (QED) is 0.821. The molecule has 0 atom stereocenters. The normalized spacial score (nSPS) is 16.3. The molecule has 4 nitrogen and oxygen atoms in total. The molecule has 1 amide bonds. The number of nitrogens with one attached hydrogen (secondary N) is 1. The molecule has 0 aromatic carbocycles. The van der Waals surface area contributed by atoms with E-state index in [0.717, 1.165) is 29.7 Å². The van der Waals surface area contributed by atoms with Gasteiger partial charge in [-0.15, -0.1) is 0 Å². The number of carbonyl (C=O) groups excluding carboxylic acids is 1. The SMILES string of the molecule is Cc1cc(C(=O)NCCCSC2CCCCC2)n(C)n1. The van der Waals surface area contributed by atoms with Crippen LogP contribution in [0, 0.1) is 6.92 Å². The van der Waals surface area contributed by atoms with Gasteiger partial charge in [-0.1, -0.05) is 19.3 Å². The Hall–Kier alpha value is -0.970. The highest BCUT2D eigenvalue weighted by molar-refractivity contribution is 7.99. The highest BCUT2D eigenvalue weighted by Gasteiger charge is 2.14. The summed E-state index contributed by atoms with van der Waals surface area (Å²) in [7, 11) is 1.81. The van der Waals surface area contributed by atoms with E-state index in [9.17, 15) is 4.79 Å². The number of hydrogen-bond donors (Lipinski definition) is 1. The Morgan fingerprint density at radius 1 is 1.45 bits per heavy atom. The van der Waals surface area contributed by atoms with Gasteiger partial charge in [-0.25, -0.2) is 0 Å². The molecule has 1 aliphatic rings. The summed E-state index contributed by atoms with van der Waals surface area (Å²) in [5.74, 6) is 1.13. The van der Waals surface area contributed by atoms with Crippen molar-refractivity contribution in [2.24, 2.45) is 7.05 Å². The molecule has 1 heterocycles. The summed E-state index contributed by atoms with van der Waals surface area (Å²) in [5.41, 5.74) is 1.52. The highest BCUT2D eigenvalue weighted by atomic mass is 32.2. The minimum atomic E-state index is -0.0178. The van der Waals surface area contributed by atoms with E-state index in [0.29, 0.717) is 5.69 Å². The average Bonchev–Trinajstić information content (AvgIpc) is 2.78. The molecule has 0 saturated heterocycles. The number of thioether (sulfide) groups is 1. The van der Waals surface area contributed by atoms with Gasteiger partial charge in [0, 0.05) is 18.8 Å². The lowest BCUT2D eigenvalue weighted by atomic mass is 10.0. The van der Waals surface area contributed by atoms with Crippen molar-refractivity contribution in [1.82, 2.24) is 15.1 Å². The van der Waals surface area contributed by atoms with Crippen LogP contribution in [-0.2, 0) is 7.05 Å². The fourth-order valence-electron chi connectivity index (χ4n) is 2.67. The number of hydrogen-bond acceptors (Lipinski definition) is 3. The molecule has 0 bridgehead atoms. The number of amides is 1. The summed E-state index contributed by atoms with van der Waals surface area (Å²) in [6.45, 7) is 2.65. The molecule has 0 radical (unpaired) electrons. The summed E-state index contributed by atoms with van der Waals surface area (Å²) in [5, 5.41) is 8.03. The zero-order valence-corrected chi connectivity index (χ0v) is 13.3. The summed E-state index contributed by atoms with van der Waals surface area (Å²) in [6.07, 6.45) is 8.01. The van der Waals surface area contributed by atoms with E-state index in [2.05, 4.69) is 22.2 Å². The number of aryl methyl sites for hydroxylation is 2. The van der Waals surface area contributed by atoms with E-state index in [-0.39, 0.29) is 5.91 Å². The second-order valence-electron chi connectivity index (χ2n) is 5.53. The van der Waals surface area contributed by atoms with Gasteiger partial charge in [-0.05, 0) is 38.0 Å². The van der Waals surface area contributed by atoms with Crippen molar-refractivity contribution >= 4 is 17.7 Å². The predicted molar refractivity (Wildman–Crippen MR) is 84.2 cm³/mol. The van der Waals surface area contributed by atoms with Crippen LogP contribution in [0.3, 0.4) is 0 Å². The first-order valence-electron chi connectivity index (χ1n) is 7.57. The van der Waals surface area contributed by atoms with Gasteiger partial charge in [0.2, 0.25) is 0 Å². The van der Waals surface area contributed by atoms with Crippen LogP contribution in [0.25, 0.3) is 0 Å². The number of aromatic nitrogens is 2. The molecule has 0 spiro atoms. The van der Waals surface area contributed by atoms with Gasteiger partial charge in [-0.3, -0.25) is 9.48 Å². The van der Waals surface area contributed by atoms with Gasteiger partial charge in [0.05, 0.1) is 5.69 Å². The van der Waals surface area contributed by atoms with E-state index >= 15 is 0 Å². The first-order valence-corrected chi connectivity index (χ1v) is 8.62. The maximum absolute atomic E-state index is 12.0. The van der Waals surface area contributed by atoms with Crippen LogP contribution in [0.5, 0.6) is 0 Å². The Bertz CT molecular complexity index is 438. The van der Waals surface area contributed by atoms with Crippen molar-refractivity contribution in [3.05, 3.63) is 17.5 Å². The van der Waals surface area contributed by atoms with Crippen LogP contribution in [0.2, 0.25) is 0 Å². The lowest BCUT2D eigenvalue weighted by Crippen LogP contribution is -2.27. The van der Waals surface area contributed by atoms with Gasteiger partial charge in [-0.2, -0.15) is 16.9 Å². The molecule has 2 rings (SSSR count). The van der Waals surface area contributed by atoms with Crippen molar-refractivity contribution in [1.29, 1.82) is 0 Å². The van der Waals surface area contributed by atoms with Crippen LogP contribution >= 0.6 is 11.8 Å². The first-order chi connectivity index (χ1) is 9.66. The molecule has 1 aliphatic carbocycles. The number of carbonyl (C=O) groups is 1. The zero-order valence-electron chi connectivity index (χ0n) is 12.5. The van der Waals surface area contributed by atoms with Crippen LogP contribution in [0.1, 0.15) is 54.7 Å². The third-order valence-electron chi connectivity index (χ3n) is 3.75. The Kier molecular flexibility index (Phi) is 5.95. The topological polar surface area (TPSA) is 46.9 Å². The molecule has 1 aromatic rings. The molecular weight excluding hydrogens is 270 g/mol. The first kappa shape index (κ1) is 15.4. The Balaban J connectivity index is 1.61. The lowest BCUT2D eigenvalue weighted by molar-refractivity contribution is 0.0944. The van der Waals surface area contributed by atoms with Gasteiger partial charge in [0.15, 0.2) is 0 Å². The maximum atomic E-state index is 12.0. The predicted octanol–water partition coefficient (Wildman–Crippen LogP) is 2.91. The maximum Gasteiger partial charge on any atom is 0.269 e. The standard InChI is InChI=1S/C15H25N3OS/c1-12-11-14(18(2)17-12)15(19)16-9-6-10-20-13-7-4-3-5-8-13/h11,13H,3-10H2,1-2H3,(H,16,19). The highest BCUT2D eigenvalue weighted by Crippen LogP contribution is 2.28.